The lowest BCUT2D eigenvalue weighted by molar-refractivity contribution is 0.323. The zero-order chi connectivity index (χ0) is 17.0. The molecule has 0 saturated heterocycles. The predicted octanol–water partition coefficient (Wildman–Crippen LogP) is 5.40. The number of hydrogen-bond acceptors (Lipinski definition) is 2. The Morgan fingerprint density at radius 2 is 1.68 bits per heavy atom. The Morgan fingerprint density at radius 1 is 1.09 bits per heavy atom. The Kier molecular flexibility index (Phi) is 6.38. The van der Waals surface area contributed by atoms with Gasteiger partial charge in [0.25, 0.3) is 0 Å². The van der Waals surface area contributed by atoms with Gasteiger partial charge in [-0.2, -0.15) is 0 Å². The lowest BCUT2D eigenvalue weighted by Crippen LogP contribution is -2.40. The van der Waals surface area contributed by atoms with Crippen molar-refractivity contribution in [2.24, 2.45) is 0 Å². The lowest BCUT2D eigenvalue weighted by Gasteiger charge is -2.35. The number of hydrogen-bond donors (Lipinski definition) is 0. The fourth-order valence-corrected chi connectivity index (χ4v) is 2.71. The van der Waals surface area contributed by atoms with E-state index in [1.807, 2.05) is 19.1 Å². The van der Waals surface area contributed by atoms with E-state index < -0.39 is 8.32 Å². The van der Waals surface area contributed by atoms with Gasteiger partial charge in [0, 0.05) is 5.56 Å². The van der Waals surface area contributed by atoms with Gasteiger partial charge in [-0.3, -0.25) is 0 Å². The molecular formula is C18H29FO2Si. The summed E-state index contributed by atoms with van der Waals surface area (Å²) in [6, 6.07) is 3.21. The van der Waals surface area contributed by atoms with Crippen LogP contribution in [0.3, 0.4) is 0 Å². The van der Waals surface area contributed by atoms with Gasteiger partial charge >= 0.3 is 0 Å². The zero-order valence-electron chi connectivity index (χ0n) is 14.9. The van der Waals surface area contributed by atoms with Crippen LogP contribution in [-0.2, 0) is 4.43 Å². The maximum absolute atomic E-state index is 13.5. The number of ether oxygens (including phenoxy) is 1. The van der Waals surface area contributed by atoms with Crippen molar-refractivity contribution in [3.05, 3.63) is 41.2 Å². The first-order chi connectivity index (χ1) is 10.1. The van der Waals surface area contributed by atoms with Gasteiger partial charge < -0.3 is 9.16 Å². The fourth-order valence-electron chi connectivity index (χ4n) is 1.77. The molecule has 0 fully saturated rings. The number of aryl methyl sites for hydroxylation is 1. The Hall–Kier alpha value is -1.13. The molecule has 0 aliphatic heterocycles. The predicted molar refractivity (Wildman–Crippen MR) is 93.7 cm³/mol. The van der Waals surface area contributed by atoms with Crippen molar-refractivity contribution < 1.29 is 13.6 Å². The van der Waals surface area contributed by atoms with Crippen LogP contribution in [0.5, 0.6) is 5.75 Å². The van der Waals surface area contributed by atoms with Crippen LogP contribution in [0.2, 0.25) is 18.1 Å². The van der Waals surface area contributed by atoms with Crippen molar-refractivity contribution in [3.63, 3.8) is 0 Å². The lowest BCUT2D eigenvalue weighted by atomic mass is 10.1. The molecule has 0 atom stereocenters. The quantitative estimate of drug-likeness (QED) is 0.515. The molecule has 1 aromatic carbocycles. The van der Waals surface area contributed by atoms with Crippen molar-refractivity contribution >= 4 is 8.32 Å². The molecule has 1 aromatic rings. The molecule has 4 heteroatoms. The minimum atomic E-state index is -1.70. The standard InChI is InChI=1S/C18H29FO2Si/c1-14-10-11-16(19)15(2)17(14)20-12-8-9-13-21-22(6,7)18(3,4)5/h8-11H,12-13H2,1-7H3/b9-8-. The molecule has 0 heterocycles. The minimum Gasteiger partial charge on any atom is -0.489 e. The molecule has 0 aliphatic rings. The SMILES string of the molecule is Cc1ccc(F)c(C)c1OC/C=C\CO[Si](C)(C)C(C)(C)C. The Bertz CT molecular complexity index is 531. The highest BCUT2D eigenvalue weighted by atomic mass is 28.4. The maximum atomic E-state index is 13.5. The van der Waals surface area contributed by atoms with Crippen LogP contribution in [-0.4, -0.2) is 21.5 Å². The summed E-state index contributed by atoms with van der Waals surface area (Å²) >= 11 is 0. The van der Waals surface area contributed by atoms with Crippen molar-refractivity contribution in [2.75, 3.05) is 13.2 Å². The van der Waals surface area contributed by atoms with Crippen molar-refractivity contribution in [1.29, 1.82) is 0 Å². The molecule has 0 N–H and O–H groups in total. The zero-order valence-corrected chi connectivity index (χ0v) is 15.9. The second-order valence-electron chi connectivity index (χ2n) is 7.17. The third kappa shape index (κ3) is 4.95. The Morgan fingerprint density at radius 3 is 2.27 bits per heavy atom. The average molecular weight is 325 g/mol. The Balaban J connectivity index is 2.48. The molecule has 2 nitrogen and oxygen atoms in total. The Labute approximate surface area is 135 Å². The summed E-state index contributed by atoms with van der Waals surface area (Å²) in [5, 5.41) is 0.215. The molecule has 0 aliphatic carbocycles. The van der Waals surface area contributed by atoms with E-state index in [0.29, 0.717) is 24.5 Å². The van der Waals surface area contributed by atoms with Crippen LogP contribution in [0, 0.1) is 19.7 Å². The maximum Gasteiger partial charge on any atom is 0.192 e. The van der Waals surface area contributed by atoms with E-state index in [1.54, 1.807) is 13.0 Å². The van der Waals surface area contributed by atoms with Crippen molar-refractivity contribution in [3.8, 4) is 5.75 Å². The van der Waals surface area contributed by atoms with Crippen LogP contribution in [0.25, 0.3) is 0 Å². The number of benzene rings is 1. The van der Waals surface area contributed by atoms with Crippen LogP contribution >= 0.6 is 0 Å². The van der Waals surface area contributed by atoms with Gasteiger partial charge in [0.15, 0.2) is 8.32 Å². The second kappa shape index (κ2) is 7.42. The molecule has 0 amide bonds. The van der Waals surface area contributed by atoms with Gasteiger partial charge in [-0.25, -0.2) is 4.39 Å². The summed E-state index contributed by atoms with van der Waals surface area (Å²) in [5.74, 6) is 0.404. The van der Waals surface area contributed by atoms with Crippen LogP contribution in [0.4, 0.5) is 4.39 Å². The van der Waals surface area contributed by atoms with Gasteiger partial charge in [0.05, 0.1) is 6.61 Å². The third-order valence-corrected chi connectivity index (χ3v) is 8.87. The summed E-state index contributed by atoms with van der Waals surface area (Å²) in [4.78, 5) is 0. The molecule has 124 valence electrons. The summed E-state index contributed by atoms with van der Waals surface area (Å²) < 4.78 is 25.2. The molecule has 0 aromatic heterocycles. The van der Waals surface area contributed by atoms with E-state index in [-0.39, 0.29) is 10.9 Å². The van der Waals surface area contributed by atoms with E-state index in [1.165, 1.54) is 6.07 Å². The van der Waals surface area contributed by atoms with Gasteiger partial charge in [0.2, 0.25) is 0 Å². The number of halogens is 1. The van der Waals surface area contributed by atoms with Gasteiger partial charge in [0.1, 0.15) is 18.2 Å². The molecule has 0 saturated carbocycles. The summed E-state index contributed by atoms with van der Waals surface area (Å²) in [7, 11) is -1.70. The fraction of sp³-hybridized carbons (Fsp3) is 0.556. The monoisotopic (exact) mass is 324 g/mol. The van der Waals surface area contributed by atoms with E-state index in [2.05, 4.69) is 33.9 Å². The van der Waals surface area contributed by atoms with Crippen molar-refractivity contribution in [1.82, 2.24) is 0 Å². The molecule has 0 radical (unpaired) electrons. The normalized spacial score (nSPS) is 12.9. The van der Waals surface area contributed by atoms with Gasteiger partial charge in [-0.05, 0) is 49.7 Å². The van der Waals surface area contributed by atoms with E-state index in [0.717, 1.165) is 5.56 Å². The van der Waals surface area contributed by atoms with Crippen LogP contribution in [0.15, 0.2) is 24.3 Å². The highest BCUT2D eigenvalue weighted by Crippen LogP contribution is 2.36. The highest BCUT2D eigenvalue weighted by Gasteiger charge is 2.36. The minimum absolute atomic E-state index is 0.215. The molecule has 0 unspecified atom stereocenters. The second-order valence-corrected chi connectivity index (χ2v) is 12.0. The average Bonchev–Trinajstić information content (AvgIpc) is 2.40. The summed E-state index contributed by atoms with van der Waals surface area (Å²) in [6.45, 7) is 15.8. The largest absolute Gasteiger partial charge is 0.489 e. The van der Waals surface area contributed by atoms with Crippen LogP contribution in [0.1, 0.15) is 31.9 Å². The molecule has 0 bridgehead atoms. The van der Waals surface area contributed by atoms with E-state index in [4.69, 9.17) is 9.16 Å². The molecular weight excluding hydrogens is 295 g/mol. The summed E-state index contributed by atoms with van der Waals surface area (Å²) in [5.41, 5.74) is 1.51. The van der Waals surface area contributed by atoms with E-state index >= 15 is 0 Å². The van der Waals surface area contributed by atoms with Crippen molar-refractivity contribution in [2.45, 2.75) is 52.8 Å². The van der Waals surface area contributed by atoms with Gasteiger partial charge in [-0.1, -0.05) is 32.9 Å². The van der Waals surface area contributed by atoms with Gasteiger partial charge in [-0.15, -0.1) is 0 Å². The summed E-state index contributed by atoms with van der Waals surface area (Å²) in [6.07, 6.45) is 3.90. The third-order valence-electron chi connectivity index (χ3n) is 4.37. The van der Waals surface area contributed by atoms with Crippen LogP contribution < -0.4 is 4.74 Å². The first kappa shape index (κ1) is 18.9. The molecule has 1 rings (SSSR count). The highest BCUT2D eigenvalue weighted by molar-refractivity contribution is 6.74. The molecule has 22 heavy (non-hydrogen) atoms. The topological polar surface area (TPSA) is 18.5 Å². The molecule has 0 spiro atoms. The van der Waals surface area contributed by atoms with E-state index in [9.17, 15) is 4.39 Å². The smallest absolute Gasteiger partial charge is 0.192 e. The first-order valence-corrected chi connectivity index (χ1v) is 10.6. The first-order valence-electron chi connectivity index (χ1n) is 7.74. The number of rotatable bonds is 6.